The first-order valence-corrected chi connectivity index (χ1v) is 7.24. The van der Waals surface area contributed by atoms with Gasteiger partial charge in [-0.1, -0.05) is 6.92 Å². The van der Waals surface area contributed by atoms with Gasteiger partial charge in [-0.05, 0) is 35.0 Å². The van der Waals surface area contributed by atoms with Crippen LogP contribution in [0.25, 0.3) is 11.5 Å². The van der Waals surface area contributed by atoms with Crippen molar-refractivity contribution >= 4 is 27.3 Å². The van der Waals surface area contributed by atoms with E-state index in [1.165, 1.54) is 0 Å². The van der Waals surface area contributed by atoms with Crippen molar-refractivity contribution in [1.29, 1.82) is 0 Å². The highest BCUT2D eigenvalue weighted by Crippen LogP contribution is 2.27. The Balaban J connectivity index is 1.92. The van der Waals surface area contributed by atoms with E-state index in [0.717, 1.165) is 35.3 Å². The molecule has 0 aliphatic heterocycles. The third-order valence-electron chi connectivity index (χ3n) is 2.22. The molecular formula is C11H14BrN3OS. The molecule has 0 aliphatic carbocycles. The Bertz CT molecular complexity index is 469. The van der Waals surface area contributed by atoms with Crippen LogP contribution >= 0.6 is 27.3 Å². The van der Waals surface area contributed by atoms with E-state index in [1.807, 2.05) is 11.4 Å². The number of thiophene rings is 1. The Labute approximate surface area is 113 Å². The molecule has 2 aromatic heterocycles. The first-order valence-electron chi connectivity index (χ1n) is 5.57. The van der Waals surface area contributed by atoms with Crippen molar-refractivity contribution in [2.75, 3.05) is 13.1 Å². The van der Waals surface area contributed by atoms with Crippen molar-refractivity contribution in [3.05, 3.63) is 21.1 Å². The van der Waals surface area contributed by atoms with E-state index in [1.54, 1.807) is 11.3 Å². The first kappa shape index (κ1) is 12.7. The highest BCUT2D eigenvalue weighted by Gasteiger charge is 2.09. The number of hydrogen-bond donors (Lipinski definition) is 1. The van der Waals surface area contributed by atoms with Gasteiger partial charge in [0.2, 0.25) is 11.8 Å². The standard InChI is InChI=1S/C11H14BrN3OS/c1-2-4-13-5-3-10-14-15-11(16-10)8-6-9(12)17-7-8/h6-7,13H,2-5H2,1H3. The lowest BCUT2D eigenvalue weighted by atomic mass is 10.3. The minimum atomic E-state index is 0.595. The fraction of sp³-hybridized carbons (Fsp3) is 0.455. The number of nitrogens with one attached hydrogen (secondary N) is 1. The van der Waals surface area contributed by atoms with E-state index in [-0.39, 0.29) is 0 Å². The monoisotopic (exact) mass is 315 g/mol. The minimum Gasteiger partial charge on any atom is -0.421 e. The molecule has 0 saturated heterocycles. The third-order valence-corrected chi connectivity index (χ3v) is 3.73. The molecule has 2 rings (SSSR count). The third kappa shape index (κ3) is 3.62. The molecular weight excluding hydrogens is 302 g/mol. The molecule has 0 bridgehead atoms. The molecule has 0 fully saturated rings. The number of rotatable bonds is 6. The second kappa shape index (κ2) is 6.28. The molecule has 0 aliphatic rings. The summed E-state index contributed by atoms with van der Waals surface area (Å²) in [5.74, 6) is 1.28. The Morgan fingerprint density at radius 1 is 1.41 bits per heavy atom. The van der Waals surface area contributed by atoms with Gasteiger partial charge < -0.3 is 9.73 Å². The number of hydrogen-bond acceptors (Lipinski definition) is 5. The van der Waals surface area contributed by atoms with Crippen LogP contribution in [0.1, 0.15) is 19.2 Å². The van der Waals surface area contributed by atoms with E-state index in [9.17, 15) is 0 Å². The maximum Gasteiger partial charge on any atom is 0.248 e. The van der Waals surface area contributed by atoms with Crippen LogP contribution in [0.3, 0.4) is 0 Å². The quantitative estimate of drug-likeness (QED) is 0.832. The molecule has 0 aromatic carbocycles. The molecule has 0 radical (unpaired) electrons. The van der Waals surface area contributed by atoms with Gasteiger partial charge in [-0.2, -0.15) is 0 Å². The van der Waals surface area contributed by atoms with Crippen molar-refractivity contribution in [3.63, 3.8) is 0 Å². The minimum absolute atomic E-state index is 0.595. The van der Waals surface area contributed by atoms with Crippen LogP contribution < -0.4 is 5.32 Å². The van der Waals surface area contributed by atoms with Gasteiger partial charge in [0.05, 0.1) is 9.35 Å². The fourth-order valence-corrected chi connectivity index (χ4v) is 2.52. The normalized spacial score (nSPS) is 10.9. The summed E-state index contributed by atoms with van der Waals surface area (Å²) in [4.78, 5) is 0. The van der Waals surface area contributed by atoms with Gasteiger partial charge in [0.25, 0.3) is 0 Å². The second-order valence-electron chi connectivity index (χ2n) is 3.64. The van der Waals surface area contributed by atoms with Gasteiger partial charge in [0.15, 0.2) is 0 Å². The zero-order chi connectivity index (χ0) is 12.1. The number of halogens is 1. The summed E-state index contributed by atoms with van der Waals surface area (Å²) < 4.78 is 6.65. The van der Waals surface area contributed by atoms with E-state index in [0.29, 0.717) is 11.8 Å². The van der Waals surface area contributed by atoms with Gasteiger partial charge >= 0.3 is 0 Å². The lowest BCUT2D eigenvalue weighted by molar-refractivity contribution is 0.494. The molecule has 0 amide bonds. The summed E-state index contributed by atoms with van der Waals surface area (Å²) in [6, 6.07) is 1.98. The van der Waals surface area contributed by atoms with Crippen LogP contribution in [-0.2, 0) is 6.42 Å². The first-order chi connectivity index (χ1) is 8.29. The average Bonchev–Trinajstić information content (AvgIpc) is 2.93. The van der Waals surface area contributed by atoms with E-state index < -0.39 is 0 Å². The van der Waals surface area contributed by atoms with E-state index in [4.69, 9.17) is 4.42 Å². The summed E-state index contributed by atoms with van der Waals surface area (Å²) in [6.07, 6.45) is 1.91. The molecule has 0 spiro atoms. The van der Waals surface area contributed by atoms with Gasteiger partial charge in [-0.3, -0.25) is 0 Å². The highest BCUT2D eigenvalue weighted by molar-refractivity contribution is 9.11. The molecule has 17 heavy (non-hydrogen) atoms. The van der Waals surface area contributed by atoms with Gasteiger partial charge in [0.1, 0.15) is 0 Å². The zero-order valence-electron chi connectivity index (χ0n) is 9.57. The summed E-state index contributed by atoms with van der Waals surface area (Å²) >= 11 is 5.02. The van der Waals surface area contributed by atoms with Crippen LogP contribution in [0.4, 0.5) is 0 Å². The van der Waals surface area contributed by atoms with Crippen molar-refractivity contribution < 1.29 is 4.42 Å². The molecule has 0 saturated carbocycles. The number of aromatic nitrogens is 2. The molecule has 4 nitrogen and oxygen atoms in total. The smallest absolute Gasteiger partial charge is 0.248 e. The number of nitrogens with zero attached hydrogens (tertiary/aromatic N) is 2. The van der Waals surface area contributed by atoms with Crippen LogP contribution in [0.15, 0.2) is 19.6 Å². The summed E-state index contributed by atoms with van der Waals surface area (Å²) in [5.41, 5.74) is 0.974. The highest BCUT2D eigenvalue weighted by atomic mass is 79.9. The van der Waals surface area contributed by atoms with Crippen LogP contribution in [0.5, 0.6) is 0 Å². The van der Waals surface area contributed by atoms with Crippen molar-refractivity contribution in [2.45, 2.75) is 19.8 Å². The predicted octanol–water partition coefficient (Wildman–Crippen LogP) is 3.10. The van der Waals surface area contributed by atoms with Crippen LogP contribution in [-0.4, -0.2) is 23.3 Å². The van der Waals surface area contributed by atoms with Crippen molar-refractivity contribution in [2.24, 2.45) is 0 Å². The van der Waals surface area contributed by atoms with Crippen LogP contribution in [0, 0.1) is 0 Å². The second-order valence-corrected chi connectivity index (χ2v) is 5.93. The largest absolute Gasteiger partial charge is 0.421 e. The summed E-state index contributed by atoms with van der Waals surface area (Å²) in [7, 11) is 0. The van der Waals surface area contributed by atoms with E-state index >= 15 is 0 Å². The SMILES string of the molecule is CCCNCCc1nnc(-c2csc(Br)c2)o1. The molecule has 0 atom stereocenters. The Morgan fingerprint density at radius 2 is 2.29 bits per heavy atom. The maximum absolute atomic E-state index is 5.59. The average molecular weight is 316 g/mol. The van der Waals surface area contributed by atoms with Gasteiger partial charge in [-0.15, -0.1) is 21.5 Å². The zero-order valence-corrected chi connectivity index (χ0v) is 12.0. The molecule has 2 heterocycles. The van der Waals surface area contributed by atoms with E-state index in [2.05, 4.69) is 38.4 Å². The molecule has 0 unspecified atom stereocenters. The maximum atomic E-state index is 5.59. The summed E-state index contributed by atoms with van der Waals surface area (Å²) in [6.45, 7) is 4.05. The molecule has 92 valence electrons. The van der Waals surface area contributed by atoms with Gasteiger partial charge in [0, 0.05) is 18.3 Å². The molecule has 1 N–H and O–H groups in total. The van der Waals surface area contributed by atoms with Crippen molar-refractivity contribution in [3.8, 4) is 11.5 Å². The lowest BCUT2D eigenvalue weighted by Crippen LogP contribution is -2.17. The Morgan fingerprint density at radius 3 is 3.00 bits per heavy atom. The molecule has 2 aromatic rings. The predicted molar refractivity (Wildman–Crippen MR) is 72.2 cm³/mol. The van der Waals surface area contributed by atoms with Gasteiger partial charge in [-0.25, -0.2) is 0 Å². The lowest BCUT2D eigenvalue weighted by Gasteiger charge is -1.98. The fourth-order valence-electron chi connectivity index (χ4n) is 1.39. The van der Waals surface area contributed by atoms with Crippen molar-refractivity contribution in [1.82, 2.24) is 15.5 Å². The summed E-state index contributed by atoms with van der Waals surface area (Å²) in [5, 5.41) is 13.4. The Kier molecular flexibility index (Phi) is 4.70. The molecule has 6 heteroatoms. The topological polar surface area (TPSA) is 51.0 Å². The Hall–Kier alpha value is -0.720. The van der Waals surface area contributed by atoms with Crippen LogP contribution in [0.2, 0.25) is 0 Å².